The Balaban J connectivity index is 1.89. The fourth-order valence-electron chi connectivity index (χ4n) is 2.78. The number of aromatic nitrogens is 1. The van der Waals surface area contributed by atoms with Crippen molar-refractivity contribution >= 4 is 34.1 Å². The van der Waals surface area contributed by atoms with Gasteiger partial charge in [-0.25, -0.2) is 0 Å². The number of halogens is 1. The van der Waals surface area contributed by atoms with E-state index in [-0.39, 0.29) is 11.8 Å². The van der Waals surface area contributed by atoms with Crippen LogP contribution in [-0.4, -0.2) is 24.0 Å². The number of nitrogens with two attached hydrogens (primary N) is 1. The van der Waals surface area contributed by atoms with Crippen molar-refractivity contribution < 1.29 is 4.79 Å². The molecule has 2 aromatic rings. The van der Waals surface area contributed by atoms with Gasteiger partial charge in [0.2, 0.25) is 5.91 Å². The molecule has 4 nitrogen and oxygen atoms in total. The zero-order chi connectivity index (χ0) is 13.4. The summed E-state index contributed by atoms with van der Waals surface area (Å²) in [4.78, 5) is 16.7. The van der Waals surface area contributed by atoms with Crippen molar-refractivity contribution in [3.8, 4) is 0 Å². The molecule has 1 amide bonds. The highest BCUT2D eigenvalue weighted by Crippen LogP contribution is 2.32. The van der Waals surface area contributed by atoms with Crippen LogP contribution in [0.15, 0.2) is 24.4 Å². The maximum absolute atomic E-state index is 11.2. The quantitative estimate of drug-likeness (QED) is 0.886. The Bertz CT molecular complexity index is 614. The largest absolute Gasteiger partial charge is 0.371 e. The van der Waals surface area contributed by atoms with Gasteiger partial charge in [0.1, 0.15) is 0 Å². The van der Waals surface area contributed by atoms with E-state index in [1.165, 1.54) is 5.39 Å². The molecule has 1 aromatic carbocycles. The molecule has 100 valence electrons. The Morgan fingerprint density at radius 2 is 2.11 bits per heavy atom. The first-order valence-electron chi connectivity index (χ1n) is 6.46. The number of nitrogens with one attached hydrogen (secondary N) is 1. The van der Waals surface area contributed by atoms with Crippen LogP contribution < -0.4 is 10.6 Å². The van der Waals surface area contributed by atoms with Gasteiger partial charge in [0, 0.05) is 46.8 Å². The van der Waals surface area contributed by atoms with E-state index in [4.69, 9.17) is 17.3 Å². The maximum atomic E-state index is 11.2. The lowest BCUT2D eigenvalue weighted by Gasteiger charge is -2.32. The average Bonchev–Trinajstić information content (AvgIpc) is 2.85. The summed E-state index contributed by atoms with van der Waals surface area (Å²) in [5.41, 5.74) is 7.54. The molecular weight excluding hydrogens is 262 g/mol. The predicted octanol–water partition coefficient (Wildman–Crippen LogP) is 2.52. The third kappa shape index (κ3) is 2.28. The normalized spacial score (nSPS) is 17.0. The number of carbonyl (C=O) groups excluding carboxylic acids is 1. The summed E-state index contributed by atoms with van der Waals surface area (Å²) >= 11 is 6.16. The molecule has 1 aromatic heterocycles. The lowest BCUT2D eigenvalue weighted by molar-refractivity contribution is -0.122. The summed E-state index contributed by atoms with van der Waals surface area (Å²) < 4.78 is 0. The lowest BCUT2D eigenvalue weighted by Crippen LogP contribution is -2.38. The summed E-state index contributed by atoms with van der Waals surface area (Å²) in [5.74, 6) is -0.172. The molecule has 0 aliphatic carbocycles. The fraction of sp³-hybridized carbons (Fsp3) is 0.357. The van der Waals surface area contributed by atoms with E-state index in [2.05, 4.69) is 16.0 Å². The molecule has 0 bridgehead atoms. The van der Waals surface area contributed by atoms with Crippen molar-refractivity contribution in [1.82, 2.24) is 4.98 Å². The van der Waals surface area contributed by atoms with E-state index < -0.39 is 0 Å². The van der Waals surface area contributed by atoms with E-state index in [0.717, 1.165) is 42.2 Å². The third-order valence-corrected chi connectivity index (χ3v) is 4.07. The van der Waals surface area contributed by atoms with Crippen molar-refractivity contribution in [1.29, 1.82) is 0 Å². The van der Waals surface area contributed by atoms with Gasteiger partial charge in [-0.1, -0.05) is 11.6 Å². The molecule has 0 unspecified atom stereocenters. The van der Waals surface area contributed by atoms with Crippen molar-refractivity contribution in [3.05, 3.63) is 29.4 Å². The summed E-state index contributed by atoms with van der Waals surface area (Å²) in [6.45, 7) is 1.68. The van der Waals surface area contributed by atoms with Gasteiger partial charge in [-0.3, -0.25) is 4.79 Å². The number of aromatic amines is 1. The van der Waals surface area contributed by atoms with Gasteiger partial charge in [-0.05, 0) is 31.0 Å². The molecule has 0 spiro atoms. The molecule has 0 radical (unpaired) electrons. The number of fused-ring (bicyclic) bond motifs is 1. The van der Waals surface area contributed by atoms with Gasteiger partial charge in [-0.2, -0.15) is 0 Å². The van der Waals surface area contributed by atoms with Crippen molar-refractivity contribution in [3.63, 3.8) is 0 Å². The van der Waals surface area contributed by atoms with Crippen LogP contribution >= 0.6 is 11.6 Å². The summed E-state index contributed by atoms with van der Waals surface area (Å²) in [7, 11) is 0. The number of nitrogens with zero attached hydrogens (tertiary/aromatic N) is 1. The number of hydrogen-bond donors (Lipinski definition) is 2. The highest BCUT2D eigenvalue weighted by molar-refractivity contribution is 6.31. The molecule has 1 fully saturated rings. The number of carbonyl (C=O) groups is 1. The maximum Gasteiger partial charge on any atom is 0.220 e. The summed E-state index contributed by atoms with van der Waals surface area (Å²) in [6.07, 6.45) is 3.54. The Labute approximate surface area is 116 Å². The minimum absolute atomic E-state index is 0.0112. The summed E-state index contributed by atoms with van der Waals surface area (Å²) in [6, 6.07) is 5.97. The van der Waals surface area contributed by atoms with Crippen LogP contribution in [-0.2, 0) is 4.79 Å². The smallest absolute Gasteiger partial charge is 0.220 e. The van der Waals surface area contributed by atoms with Gasteiger partial charge in [0.05, 0.1) is 0 Å². The summed E-state index contributed by atoms with van der Waals surface area (Å²) in [5, 5.41) is 1.89. The van der Waals surface area contributed by atoms with Crippen molar-refractivity contribution in [2.75, 3.05) is 18.0 Å². The first-order valence-corrected chi connectivity index (χ1v) is 6.84. The number of benzene rings is 1. The SMILES string of the molecule is NC(=O)C1CCN(c2cc(Cl)cc3[nH]ccc23)CC1. The van der Waals surface area contributed by atoms with E-state index in [1.54, 1.807) is 0 Å². The molecule has 1 saturated heterocycles. The van der Waals surface area contributed by atoms with E-state index in [0.29, 0.717) is 0 Å². The van der Waals surface area contributed by atoms with E-state index in [1.807, 2.05) is 18.3 Å². The van der Waals surface area contributed by atoms with Gasteiger partial charge in [0.15, 0.2) is 0 Å². The van der Waals surface area contributed by atoms with Crippen molar-refractivity contribution in [2.24, 2.45) is 11.7 Å². The minimum atomic E-state index is -0.183. The number of primary amides is 1. The molecule has 19 heavy (non-hydrogen) atoms. The first-order chi connectivity index (χ1) is 9.15. The zero-order valence-electron chi connectivity index (χ0n) is 10.5. The van der Waals surface area contributed by atoms with Crippen LogP contribution in [0.1, 0.15) is 12.8 Å². The van der Waals surface area contributed by atoms with Crippen LogP contribution in [0.2, 0.25) is 5.02 Å². The Kier molecular flexibility index (Phi) is 3.11. The molecular formula is C14H16ClN3O. The van der Waals surface area contributed by atoms with E-state index >= 15 is 0 Å². The number of anilines is 1. The first kappa shape index (κ1) is 12.4. The standard InChI is InChI=1S/C14H16ClN3O/c15-10-7-12-11(1-4-17-12)13(8-10)18-5-2-9(3-6-18)14(16)19/h1,4,7-9,17H,2-3,5-6H2,(H2,16,19). The Morgan fingerprint density at radius 1 is 1.37 bits per heavy atom. The second kappa shape index (κ2) is 4.78. The van der Waals surface area contributed by atoms with Gasteiger partial charge >= 0.3 is 0 Å². The molecule has 2 heterocycles. The van der Waals surface area contributed by atoms with E-state index in [9.17, 15) is 4.79 Å². The Hall–Kier alpha value is -1.68. The van der Waals surface area contributed by atoms with Crippen LogP contribution in [0, 0.1) is 5.92 Å². The molecule has 1 aliphatic rings. The lowest BCUT2D eigenvalue weighted by atomic mass is 9.95. The van der Waals surface area contributed by atoms with Crippen molar-refractivity contribution in [2.45, 2.75) is 12.8 Å². The predicted molar refractivity (Wildman–Crippen MR) is 77.4 cm³/mol. The molecule has 3 N–H and O–H groups in total. The van der Waals surface area contributed by atoms with Crippen LogP contribution in [0.25, 0.3) is 10.9 Å². The monoisotopic (exact) mass is 277 g/mol. The molecule has 0 atom stereocenters. The average molecular weight is 278 g/mol. The number of rotatable bonds is 2. The van der Waals surface area contributed by atoms with Gasteiger partial charge < -0.3 is 15.6 Å². The zero-order valence-corrected chi connectivity index (χ0v) is 11.3. The number of amides is 1. The molecule has 1 aliphatic heterocycles. The topological polar surface area (TPSA) is 62.1 Å². The van der Waals surface area contributed by atoms with Gasteiger partial charge in [0.25, 0.3) is 0 Å². The number of hydrogen-bond acceptors (Lipinski definition) is 2. The number of piperidine rings is 1. The van der Waals surface area contributed by atoms with Gasteiger partial charge in [-0.15, -0.1) is 0 Å². The third-order valence-electron chi connectivity index (χ3n) is 3.85. The molecule has 3 rings (SSSR count). The van der Waals surface area contributed by atoms with Crippen LogP contribution in [0.5, 0.6) is 0 Å². The number of H-pyrrole nitrogens is 1. The second-order valence-electron chi connectivity index (χ2n) is 5.03. The highest BCUT2D eigenvalue weighted by atomic mass is 35.5. The Morgan fingerprint density at radius 3 is 2.79 bits per heavy atom. The second-order valence-corrected chi connectivity index (χ2v) is 5.46. The fourth-order valence-corrected chi connectivity index (χ4v) is 2.99. The highest BCUT2D eigenvalue weighted by Gasteiger charge is 2.24. The van der Waals surface area contributed by atoms with Crippen LogP contribution in [0.4, 0.5) is 5.69 Å². The molecule has 0 saturated carbocycles. The van der Waals surface area contributed by atoms with Crippen LogP contribution in [0.3, 0.4) is 0 Å². The molecule has 5 heteroatoms. The minimum Gasteiger partial charge on any atom is -0.371 e.